The highest BCUT2D eigenvalue weighted by atomic mass is 32.1. The SMILES string of the molecule is Cc1nc(-c2nc(NCCN3CCCC3)ncc2-c2ccsc2)sc1C. The second-order valence-corrected chi connectivity index (χ2v) is 8.59. The lowest BCUT2D eigenvalue weighted by atomic mass is 10.1. The monoisotopic (exact) mass is 385 g/mol. The van der Waals surface area contributed by atoms with E-state index in [1.807, 2.05) is 6.20 Å². The molecule has 136 valence electrons. The summed E-state index contributed by atoms with van der Waals surface area (Å²) < 4.78 is 0. The summed E-state index contributed by atoms with van der Waals surface area (Å²) >= 11 is 3.38. The Bertz CT molecular complexity index is 847. The quantitative estimate of drug-likeness (QED) is 0.679. The van der Waals surface area contributed by atoms with Crippen LogP contribution < -0.4 is 5.32 Å². The lowest BCUT2D eigenvalue weighted by molar-refractivity contribution is 0.352. The van der Waals surface area contributed by atoms with Crippen molar-refractivity contribution in [2.24, 2.45) is 0 Å². The Morgan fingerprint density at radius 3 is 2.73 bits per heavy atom. The number of thiazole rings is 1. The van der Waals surface area contributed by atoms with Crippen LogP contribution in [0.15, 0.2) is 23.0 Å². The van der Waals surface area contributed by atoms with Crippen LogP contribution in [0.5, 0.6) is 0 Å². The molecule has 0 aliphatic carbocycles. The average Bonchev–Trinajstić information content (AvgIpc) is 3.39. The molecule has 5 nitrogen and oxygen atoms in total. The Balaban J connectivity index is 1.59. The van der Waals surface area contributed by atoms with E-state index >= 15 is 0 Å². The van der Waals surface area contributed by atoms with Crippen molar-refractivity contribution in [2.75, 3.05) is 31.5 Å². The van der Waals surface area contributed by atoms with Gasteiger partial charge in [0.05, 0.1) is 5.69 Å². The van der Waals surface area contributed by atoms with Crippen LogP contribution >= 0.6 is 22.7 Å². The first kappa shape index (κ1) is 17.6. The zero-order valence-corrected chi connectivity index (χ0v) is 16.8. The van der Waals surface area contributed by atoms with Gasteiger partial charge in [0, 0.05) is 29.7 Å². The molecule has 26 heavy (non-hydrogen) atoms. The van der Waals surface area contributed by atoms with E-state index in [9.17, 15) is 0 Å². The second-order valence-electron chi connectivity index (χ2n) is 6.60. The van der Waals surface area contributed by atoms with Crippen molar-refractivity contribution in [3.05, 3.63) is 33.6 Å². The fourth-order valence-corrected chi connectivity index (χ4v) is 4.74. The van der Waals surface area contributed by atoms with Gasteiger partial charge in [-0.05, 0) is 62.2 Å². The summed E-state index contributed by atoms with van der Waals surface area (Å²) in [6, 6.07) is 2.11. The number of aromatic nitrogens is 3. The van der Waals surface area contributed by atoms with Gasteiger partial charge in [0.15, 0.2) is 0 Å². The van der Waals surface area contributed by atoms with E-state index in [4.69, 9.17) is 9.97 Å². The summed E-state index contributed by atoms with van der Waals surface area (Å²) in [5.41, 5.74) is 4.19. The molecule has 1 fully saturated rings. The summed E-state index contributed by atoms with van der Waals surface area (Å²) in [5.74, 6) is 0.684. The maximum atomic E-state index is 4.83. The molecule has 0 unspecified atom stereocenters. The Labute approximate surface area is 162 Å². The molecule has 0 radical (unpaired) electrons. The molecule has 0 saturated carbocycles. The van der Waals surface area contributed by atoms with Crippen LogP contribution in [0.3, 0.4) is 0 Å². The number of hydrogen-bond acceptors (Lipinski definition) is 7. The van der Waals surface area contributed by atoms with Gasteiger partial charge in [0.1, 0.15) is 10.7 Å². The molecule has 3 aromatic heterocycles. The van der Waals surface area contributed by atoms with Gasteiger partial charge in [-0.25, -0.2) is 15.0 Å². The number of thiophene rings is 1. The molecule has 4 rings (SSSR count). The fraction of sp³-hybridized carbons (Fsp3) is 0.421. The molecule has 1 aliphatic heterocycles. The molecule has 1 aliphatic rings. The third-order valence-corrected chi connectivity index (χ3v) is 6.52. The molecule has 0 aromatic carbocycles. The zero-order valence-electron chi connectivity index (χ0n) is 15.2. The third-order valence-electron chi connectivity index (χ3n) is 4.76. The highest BCUT2D eigenvalue weighted by molar-refractivity contribution is 7.15. The second kappa shape index (κ2) is 7.82. The maximum Gasteiger partial charge on any atom is 0.223 e. The number of nitrogens with one attached hydrogen (secondary N) is 1. The van der Waals surface area contributed by atoms with E-state index in [2.05, 4.69) is 45.9 Å². The van der Waals surface area contributed by atoms with Gasteiger partial charge in [-0.2, -0.15) is 11.3 Å². The molecular weight excluding hydrogens is 362 g/mol. The van der Waals surface area contributed by atoms with Crippen molar-refractivity contribution in [3.63, 3.8) is 0 Å². The fourth-order valence-electron chi connectivity index (χ4n) is 3.17. The van der Waals surface area contributed by atoms with Crippen LogP contribution in [-0.4, -0.2) is 46.0 Å². The van der Waals surface area contributed by atoms with E-state index in [0.29, 0.717) is 5.95 Å². The van der Waals surface area contributed by atoms with Crippen LogP contribution in [0.1, 0.15) is 23.4 Å². The summed E-state index contributed by atoms with van der Waals surface area (Å²) in [6.45, 7) is 8.49. The summed E-state index contributed by atoms with van der Waals surface area (Å²) in [5, 5.41) is 8.57. The van der Waals surface area contributed by atoms with Gasteiger partial charge >= 0.3 is 0 Å². The maximum absolute atomic E-state index is 4.83. The number of hydrogen-bond donors (Lipinski definition) is 1. The van der Waals surface area contributed by atoms with Gasteiger partial charge in [0.2, 0.25) is 5.95 Å². The lowest BCUT2D eigenvalue weighted by Gasteiger charge is -2.15. The third kappa shape index (κ3) is 3.79. The molecule has 1 saturated heterocycles. The van der Waals surface area contributed by atoms with Gasteiger partial charge < -0.3 is 10.2 Å². The Morgan fingerprint density at radius 1 is 1.19 bits per heavy atom. The number of likely N-dealkylation sites (tertiary alicyclic amines) is 1. The standard InChI is InChI=1S/C19H23N5S2/c1-13-14(2)26-18(22-13)17-16(15-5-10-25-12-15)11-21-19(23-17)20-6-9-24-7-3-4-8-24/h5,10-12H,3-4,6-9H2,1-2H3,(H,20,21,23). The van der Waals surface area contributed by atoms with Gasteiger partial charge in [-0.1, -0.05) is 0 Å². The van der Waals surface area contributed by atoms with Crippen molar-refractivity contribution in [3.8, 4) is 21.8 Å². The highest BCUT2D eigenvalue weighted by Crippen LogP contribution is 2.35. The predicted octanol–water partition coefficient (Wildman–Crippen LogP) is 4.45. The molecule has 7 heteroatoms. The topological polar surface area (TPSA) is 53.9 Å². The molecular formula is C19H23N5S2. The molecule has 3 aromatic rings. The smallest absolute Gasteiger partial charge is 0.223 e. The molecule has 1 N–H and O–H groups in total. The normalized spacial score (nSPS) is 14.8. The first-order valence-electron chi connectivity index (χ1n) is 9.01. The summed E-state index contributed by atoms with van der Waals surface area (Å²) in [4.78, 5) is 17.8. The summed E-state index contributed by atoms with van der Waals surface area (Å²) in [6.07, 6.45) is 4.56. The van der Waals surface area contributed by atoms with Crippen LogP contribution in [0, 0.1) is 13.8 Å². The first-order valence-corrected chi connectivity index (χ1v) is 10.8. The van der Waals surface area contributed by atoms with Crippen LogP contribution in [0.4, 0.5) is 5.95 Å². The Kier molecular flexibility index (Phi) is 5.28. The van der Waals surface area contributed by atoms with Crippen molar-refractivity contribution >= 4 is 28.6 Å². The van der Waals surface area contributed by atoms with Crippen molar-refractivity contribution in [1.82, 2.24) is 19.9 Å². The van der Waals surface area contributed by atoms with Crippen molar-refractivity contribution in [2.45, 2.75) is 26.7 Å². The lowest BCUT2D eigenvalue weighted by Crippen LogP contribution is -2.26. The Hall–Kier alpha value is -1.83. The summed E-state index contributed by atoms with van der Waals surface area (Å²) in [7, 11) is 0. The highest BCUT2D eigenvalue weighted by Gasteiger charge is 2.16. The van der Waals surface area contributed by atoms with E-state index in [0.717, 1.165) is 40.6 Å². The minimum atomic E-state index is 0.684. The van der Waals surface area contributed by atoms with E-state index in [1.54, 1.807) is 22.7 Å². The van der Waals surface area contributed by atoms with E-state index < -0.39 is 0 Å². The average molecular weight is 386 g/mol. The van der Waals surface area contributed by atoms with Gasteiger partial charge in [-0.15, -0.1) is 11.3 Å². The van der Waals surface area contributed by atoms with Crippen molar-refractivity contribution < 1.29 is 0 Å². The molecule has 0 spiro atoms. The Morgan fingerprint density at radius 2 is 2.04 bits per heavy atom. The molecule has 0 atom stereocenters. The van der Waals surface area contributed by atoms with Crippen LogP contribution in [0.25, 0.3) is 21.8 Å². The zero-order chi connectivity index (χ0) is 17.9. The minimum Gasteiger partial charge on any atom is -0.353 e. The predicted molar refractivity (Wildman–Crippen MR) is 110 cm³/mol. The van der Waals surface area contributed by atoms with Crippen LogP contribution in [-0.2, 0) is 0 Å². The minimum absolute atomic E-state index is 0.684. The van der Waals surface area contributed by atoms with Gasteiger partial charge in [-0.3, -0.25) is 0 Å². The van der Waals surface area contributed by atoms with E-state index in [-0.39, 0.29) is 0 Å². The van der Waals surface area contributed by atoms with Crippen molar-refractivity contribution in [1.29, 1.82) is 0 Å². The molecule has 4 heterocycles. The largest absolute Gasteiger partial charge is 0.353 e. The number of anilines is 1. The number of aryl methyl sites for hydroxylation is 2. The van der Waals surface area contributed by atoms with Crippen LogP contribution in [0.2, 0.25) is 0 Å². The number of nitrogens with zero attached hydrogens (tertiary/aromatic N) is 4. The van der Waals surface area contributed by atoms with E-state index in [1.165, 1.54) is 30.8 Å². The van der Waals surface area contributed by atoms with Gasteiger partial charge in [0.25, 0.3) is 0 Å². The molecule has 0 amide bonds. The first-order chi connectivity index (χ1) is 12.7. The number of rotatable bonds is 6. The molecule has 0 bridgehead atoms.